The summed E-state index contributed by atoms with van der Waals surface area (Å²) in [6.45, 7) is 0.794. The van der Waals surface area contributed by atoms with E-state index in [1.165, 1.54) is 37.4 Å². The third kappa shape index (κ3) is 4.90. The first-order valence-electron chi connectivity index (χ1n) is 8.62. The Hall–Kier alpha value is -3.09. The molecule has 0 saturated carbocycles. The molecule has 3 aromatic rings. The van der Waals surface area contributed by atoms with E-state index in [0.29, 0.717) is 29.1 Å². The van der Waals surface area contributed by atoms with Crippen LogP contribution in [0, 0.1) is 10.1 Å². The average molecular weight is 450 g/mol. The van der Waals surface area contributed by atoms with Gasteiger partial charge in [-0.25, -0.2) is 13.4 Å². The molecule has 2 aromatic carbocycles. The maximum atomic E-state index is 12.8. The lowest BCUT2D eigenvalue weighted by Gasteiger charge is -2.11. The highest BCUT2D eigenvalue weighted by Gasteiger charge is 2.19. The minimum atomic E-state index is -3.37. The number of carbonyl (C=O) groups is 1. The smallest absolute Gasteiger partial charge is 0.270 e. The van der Waals surface area contributed by atoms with Gasteiger partial charge in [0.05, 0.1) is 32.2 Å². The number of hydrogen-bond donors (Lipinski definition) is 2. The van der Waals surface area contributed by atoms with Crippen LogP contribution in [0.4, 0.5) is 16.5 Å². The summed E-state index contributed by atoms with van der Waals surface area (Å²) in [6.07, 6.45) is 1.11. The molecule has 12 heteroatoms. The second-order valence-electron chi connectivity index (χ2n) is 6.28. The van der Waals surface area contributed by atoms with Crippen molar-refractivity contribution in [3.63, 3.8) is 0 Å². The third-order valence-electron chi connectivity index (χ3n) is 4.09. The Kier molecular flexibility index (Phi) is 6.29. The van der Waals surface area contributed by atoms with Gasteiger partial charge in [-0.2, -0.15) is 0 Å². The van der Waals surface area contributed by atoms with Crippen LogP contribution in [-0.2, 0) is 14.6 Å². The van der Waals surface area contributed by atoms with Crippen molar-refractivity contribution in [3.05, 3.63) is 52.1 Å². The van der Waals surface area contributed by atoms with Gasteiger partial charge >= 0.3 is 0 Å². The van der Waals surface area contributed by atoms with Gasteiger partial charge in [-0.3, -0.25) is 20.2 Å². The minimum Gasteiger partial charge on any atom is -0.383 e. The number of aromatic nitrogens is 1. The van der Waals surface area contributed by atoms with Crippen LogP contribution in [0.25, 0.3) is 10.2 Å². The Morgan fingerprint density at radius 3 is 2.70 bits per heavy atom. The van der Waals surface area contributed by atoms with E-state index in [9.17, 15) is 23.3 Å². The number of sulfone groups is 1. The third-order valence-corrected chi connectivity index (χ3v) is 6.13. The number of nitrogens with zero attached hydrogens (tertiary/aromatic N) is 2. The molecule has 0 bridgehead atoms. The quantitative estimate of drug-likeness (QED) is 0.303. The highest BCUT2D eigenvalue weighted by molar-refractivity contribution is 7.90. The molecule has 1 amide bonds. The zero-order valence-electron chi connectivity index (χ0n) is 16.0. The van der Waals surface area contributed by atoms with E-state index in [4.69, 9.17) is 4.74 Å². The van der Waals surface area contributed by atoms with Crippen molar-refractivity contribution in [1.82, 2.24) is 4.98 Å². The number of hydrogen-bond acceptors (Lipinski definition) is 9. The van der Waals surface area contributed by atoms with Crippen molar-refractivity contribution in [1.29, 1.82) is 0 Å². The van der Waals surface area contributed by atoms with Gasteiger partial charge in [0, 0.05) is 37.7 Å². The van der Waals surface area contributed by atoms with Gasteiger partial charge in [0.15, 0.2) is 15.0 Å². The van der Waals surface area contributed by atoms with Crippen molar-refractivity contribution >= 4 is 53.8 Å². The van der Waals surface area contributed by atoms with E-state index in [1.807, 2.05) is 0 Å². The van der Waals surface area contributed by atoms with E-state index in [2.05, 4.69) is 15.6 Å². The van der Waals surface area contributed by atoms with Gasteiger partial charge in [-0.15, -0.1) is 0 Å². The Labute approximate surface area is 176 Å². The molecule has 2 N–H and O–H groups in total. The molecule has 3 rings (SSSR count). The molecule has 158 valence electrons. The summed E-state index contributed by atoms with van der Waals surface area (Å²) in [5, 5.41) is 17.0. The summed E-state index contributed by atoms with van der Waals surface area (Å²) in [5.74, 6) is -0.582. The number of thiazole rings is 1. The SMILES string of the molecule is COCCNc1ccc([N+](=O)[O-])cc1C(=O)Nc1nc2ccc(S(C)(=O)=O)cc2s1. The van der Waals surface area contributed by atoms with Crippen molar-refractivity contribution in [2.75, 3.05) is 37.2 Å². The second-order valence-corrected chi connectivity index (χ2v) is 9.33. The van der Waals surface area contributed by atoms with E-state index >= 15 is 0 Å². The predicted molar refractivity (Wildman–Crippen MR) is 114 cm³/mol. The molecule has 1 heterocycles. The number of nitro groups is 1. The van der Waals surface area contributed by atoms with Crippen LogP contribution >= 0.6 is 11.3 Å². The first kappa shape index (κ1) is 21.6. The van der Waals surface area contributed by atoms with Crippen molar-refractivity contribution < 1.29 is 22.9 Å². The van der Waals surface area contributed by atoms with Crippen molar-refractivity contribution in [2.45, 2.75) is 4.90 Å². The Balaban J connectivity index is 1.90. The number of anilines is 2. The number of carbonyl (C=O) groups excluding carboxylic acids is 1. The number of rotatable bonds is 8. The largest absolute Gasteiger partial charge is 0.383 e. The predicted octanol–water partition coefficient (Wildman–Crippen LogP) is 2.92. The number of amides is 1. The highest BCUT2D eigenvalue weighted by atomic mass is 32.2. The maximum Gasteiger partial charge on any atom is 0.270 e. The van der Waals surface area contributed by atoms with Crippen LogP contribution in [0.1, 0.15) is 10.4 Å². The lowest BCUT2D eigenvalue weighted by molar-refractivity contribution is -0.384. The molecular weight excluding hydrogens is 432 g/mol. The number of methoxy groups -OCH3 is 1. The van der Waals surface area contributed by atoms with Crippen molar-refractivity contribution in [2.24, 2.45) is 0 Å². The maximum absolute atomic E-state index is 12.8. The van der Waals surface area contributed by atoms with Crippen LogP contribution in [0.5, 0.6) is 0 Å². The molecule has 0 aliphatic rings. The summed E-state index contributed by atoms with van der Waals surface area (Å²) in [5.41, 5.74) is 0.798. The number of nitro benzene ring substituents is 1. The summed E-state index contributed by atoms with van der Waals surface area (Å²) in [7, 11) is -1.84. The lowest BCUT2D eigenvalue weighted by atomic mass is 10.1. The minimum absolute atomic E-state index is 0.0800. The first-order chi connectivity index (χ1) is 14.2. The standard InChI is InChI=1S/C18H18N4O6S2/c1-28-8-7-19-14-5-3-11(22(24)25)9-13(14)17(23)21-18-20-15-6-4-12(30(2,26)27)10-16(15)29-18/h3-6,9-10,19H,7-8H2,1-2H3,(H,20,21,23). The molecule has 0 saturated heterocycles. The number of benzene rings is 2. The zero-order chi connectivity index (χ0) is 21.9. The summed E-state index contributed by atoms with van der Waals surface area (Å²) >= 11 is 1.11. The molecule has 0 unspecified atom stereocenters. The van der Waals surface area contributed by atoms with E-state index in [-0.39, 0.29) is 21.3 Å². The molecular formula is C18H18N4O6S2. The van der Waals surface area contributed by atoms with Gasteiger partial charge in [0.1, 0.15) is 0 Å². The molecule has 0 spiro atoms. The number of fused-ring (bicyclic) bond motifs is 1. The Morgan fingerprint density at radius 1 is 1.27 bits per heavy atom. The van der Waals surface area contributed by atoms with E-state index in [0.717, 1.165) is 17.6 Å². The molecule has 30 heavy (non-hydrogen) atoms. The zero-order valence-corrected chi connectivity index (χ0v) is 17.7. The summed E-state index contributed by atoms with van der Waals surface area (Å²) in [4.78, 5) is 27.8. The van der Waals surface area contributed by atoms with Crippen LogP contribution in [-0.4, -0.2) is 50.7 Å². The monoisotopic (exact) mass is 450 g/mol. The Bertz CT molecular complexity index is 1220. The second kappa shape index (κ2) is 8.73. The lowest BCUT2D eigenvalue weighted by Crippen LogP contribution is -2.16. The molecule has 0 radical (unpaired) electrons. The van der Waals surface area contributed by atoms with Crippen molar-refractivity contribution in [3.8, 4) is 0 Å². The molecule has 0 aliphatic carbocycles. The molecule has 1 aromatic heterocycles. The van der Waals surface area contributed by atoms with Crippen LogP contribution in [0.15, 0.2) is 41.3 Å². The molecule has 0 aliphatic heterocycles. The highest BCUT2D eigenvalue weighted by Crippen LogP contribution is 2.29. The summed E-state index contributed by atoms with van der Waals surface area (Å²) in [6, 6.07) is 8.43. The summed E-state index contributed by atoms with van der Waals surface area (Å²) < 4.78 is 29.0. The first-order valence-corrected chi connectivity index (χ1v) is 11.3. The fourth-order valence-electron chi connectivity index (χ4n) is 2.63. The number of ether oxygens (including phenoxy) is 1. The van der Waals surface area contributed by atoms with Gasteiger partial charge in [-0.05, 0) is 24.3 Å². The average Bonchev–Trinajstić information content (AvgIpc) is 3.08. The van der Waals surface area contributed by atoms with Gasteiger partial charge < -0.3 is 10.1 Å². The van der Waals surface area contributed by atoms with Crippen LogP contribution in [0.2, 0.25) is 0 Å². The normalized spacial score (nSPS) is 11.4. The van der Waals surface area contributed by atoms with Gasteiger partial charge in [0.25, 0.3) is 11.6 Å². The molecule has 10 nitrogen and oxygen atoms in total. The van der Waals surface area contributed by atoms with Crippen LogP contribution in [0.3, 0.4) is 0 Å². The molecule has 0 fully saturated rings. The van der Waals surface area contributed by atoms with E-state index < -0.39 is 20.7 Å². The van der Waals surface area contributed by atoms with E-state index in [1.54, 1.807) is 6.07 Å². The van der Waals surface area contributed by atoms with Gasteiger partial charge in [0.2, 0.25) is 0 Å². The molecule has 0 atom stereocenters. The fraction of sp³-hybridized carbons (Fsp3) is 0.222. The fourth-order valence-corrected chi connectivity index (χ4v) is 4.25. The number of nitrogens with one attached hydrogen (secondary N) is 2. The topological polar surface area (TPSA) is 141 Å². The Morgan fingerprint density at radius 2 is 2.03 bits per heavy atom. The van der Waals surface area contributed by atoms with Crippen LogP contribution < -0.4 is 10.6 Å². The van der Waals surface area contributed by atoms with Gasteiger partial charge in [-0.1, -0.05) is 11.3 Å². The number of non-ortho nitro benzene ring substituents is 1.